The Morgan fingerprint density at radius 3 is 1.15 bits per heavy atom. The molecular formula is C60H66N4O18S2. The van der Waals surface area contributed by atoms with Gasteiger partial charge in [0.15, 0.2) is 0 Å². The van der Waals surface area contributed by atoms with Crippen molar-refractivity contribution in [3.63, 3.8) is 0 Å². The minimum absolute atomic E-state index is 0.0736. The molecule has 0 bridgehead atoms. The van der Waals surface area contributed by atoms with Crippen LogP contribution in [0.4, 0.5) is 9.59 Å². The van der Waals surface area contributed by atoms with Crippen LogP contribution in [0.25, 0.3) is 0 Å². The van der Waals surface area contributed by atoms with Gasteiger partial charge in [-0.1, -0.05) is 60.9 Å². The summed E-state index contributed by atoms with van der Waals surface area (Å²) in [5.41, 5.74) is 2.13. The van der Waals surface area contributed by atoms with Crippen LogP contribution in [0.1, 0.15) is 76.3 Å². The van der Waals surface area contributed by atoms with Crippen LogP contribution in [0.2, 0.25) is 0 Å². The SMILES string of the molecule is C=C(C)C(=O)OCCOCCNC(=O)OCCc1ccc(OC(=O)[C@H]2CC[C@H](C(=O)Oc3ccc(OC(=O)[C@H]4CC[C@H](C(=O)Oc5ccc(CCOC(=O)NCCOCCOC(=O)C(=C)C)cc5)CC4)c4c3SC(=C(C#N)C#N)S4)CC2)cc1. The highest BCUT2D eigenvalue weighted by atomic mass is 32.2. The number of carbonyl (C=O) groups excluding carboxylic acids is 8. The first-order valence-electron chi connectivity index (χ1n) is 27.3. The molecule has 0 spiro atoms. The first kappa shape index (κ1) is 65.0. The minimum Gasteiger partial charge on any atom is -0.460 e. The van der Waals surface area contributed by atoms with Gasteiger partial charge in [-0.05, 0) is 113 Å². The molecule has 0 aromatic heterocycles. The summed E-state index contributed by atoms with van der Waals surface area (Å²) in [5.74, 6) is -3.82. The Hall–Kier alpha value is -8.16. The van der Waals surface area contributed by atoms with Gasteiger partial charge in [0, 0.05) is 37.1 Å². The van der Waals surface area contributed by atoms with E-state index in [4.69, 9.17) is 47.4 Å². The van der Waals surface area contributed by atoms with E-state index >= 15 is 0 Å². The molecule has 3 aromatic rings. The van der Waals surface area contributed by atoms with E-state index in [1.807, 2.05) is 12.1 Å². The normalized spacial score (nSPS) is 16.8. The molecule has 2 aliphatic carbocycles. The van der Waals surface area contributed by atoms with Gasteiger partial charge in [-0.15, -0.1) is 0 Å². The molecule has 2 saturated carbocycles. The third-order valence-corrected chi connectivity index (χ3v) is 15.9. The number of nitrogens with zero attached hydrogens (tertiary/aromatic N) is 2. The van der Waals surface area contributed by atoms with Gasteiger partial charge >= 0.3 is 48.0 Å². The van der Waals surface area contributed by atoms with Gasteiger partial charge < -0.3 is 58.0 Å². The molecule has 24 heteroatoms. The number of benzene rings is 3. The Kier molecular flexibility index (Phi) is 26.2. The van der Waals surface area contributed by atoms with Crippen molar-refractivity contribution in [3.05, 3.63) is 106 Å². The molecule has 3 aliphatic rings. The molecule has 2 amide bonds. The van der Waals surface area contributed by atoms with Gasteiger partial charge in [0.2, 0.25) is 0 Å². The number of esters is 6. The van der Waals surface area contributed by atoms with Gasteiger partial charge in [0.05, 0.1) is 77.3 Å². The highest BCUT2D eigenvalue weighted by Crippen LogP contribution is 2.59. The summed E-state index contributed by atoms with van der Waals surface area (Å²) >= 11 is 2.12. The molecule has 2 fully saturated rings. The maximum absolute atomic E-state index is 13.6. The number of amides is 2. The first-order valence-corrected chi connectivity index (χ1v) is 28.9. The number of nitrogens with one attached hydrogen (secondary N) is 2. The zero-order valence-corrected chi connectivity index (χ0v) is 48.3. The van der Waals surface area contributed by atoms with Crippen LogP contribution in [-0.4, -0.2) is 114 Å². The summed E-state index contributed by atoms with van der Waals surface area (Å²) in [7, 11) is 0. The lowest BCUT2D eigenvalue weighted by Crippen LogP contribution is -2.30. The smallest absolute Gasteiger partial charge is 0.407 e. The lowest BCUT2D eigenvalue weighted by atomic mass is 9.82. The molecule has 1 heterocycles. The molecule has 6 rings (SSSR count). The molecule has 3 aromatic carbocycles. The van der Waals surface area contributed by atoms with Crippen LogP contribution in [0.15, 0.2) is 105 Å². The van der Waals surface area contributed by atoms with Crippen molar-refractivity contribution in [1.29, 1.82) is 10.5 Å². The fraction of sp³-hybridized carbons (Fsp3) is 0.433. The number of fused-ring (bicyclic) bond motifs is 1. The lowest BCUT2D eigenvalue weighted by Gasteiger charge is -2.26. The minimum atomic E-state index is -0.611. The zero-order chi connectivity index (χ0) is 60.4. The van der Waals surface area contributed by atoms with E-state index in [1.54, 1.807) is 62.4 Å². The average Bonchev–Trinajstić information content (AvgIpc) is 4.18. The molecule has 1 aliphatic heterocycles. The molecule has 84 heavy (non-hydrogen) atoms. The summed E-state index contributed by atoms with van der Waals surface area (Å²) in [6.07, 6.45) is 2.57. The third-order valence-electron chi connectivity index (χ3n) is 13.2. The Bertz CT molecular complexity index is 2790. The molecule has 0 radical (unpaired) electrons. The third kappa shape index (κ3) is 20.9. The summed E-state index contributed by atoms with van der Waals surface area (Å²) in [6.45, 7) is 11.6. The number of nitriles is 2. The molecule has 0 saturated heterocycles. The van der Waals surface area contributed by atoms with Crippen LogP contribution in [0, 0.1) is 46.3 Å². The standard InChI is InChI=1S/C60H66N4O18S2/c1-37(2)52(65)75-33-31-73-29-25-63-59(71)77-27-23-39-5-17-46(18-6-39)79-54(67)41-9-13-43(14-10-41)56(69)81-48-21-22-49(51-50(48)83-58(84-51)45(35-61)36-62)82-57(70)44-15-11-42(12-16-44)55(68)80-47-19-7-40(8-20-47)24-28-78-60(72)64-26-30-74-32-34-76-53(66)38(3)4/h5-8,17-22,41-44H,1,3,9-16,23-34H2,2,4H3,(H,63,71)(H,64,72)/t41-,42-,43-,44-. The number of ether oxygens (including phenoxy) is 10. The van der Waals surface area contributed by atoms with Gasteiger partial charge in [-0.3, -0.25) is 19.2 Å². The van der Waals surface area contributed by atoms with E-state index in [0.29, 0.717) is 101 Å². The number of allylic oxidation sites excluding steroid dienone is 1. The Labute approximate surface area is 494 Å². The number of rotatable bonds is 28. The number of hydrogen-bond donors (Lipinski definition) is 2. The molecule has 446 valence electrons. The van der Waals surface area contributed by atoms with Crippen molar-refractivity contribution in [2.75, 3.05) is 65.9 Å². The van der Waals surface area contributed by atoms with Gasteiger partial charge in [0.25, 0.3) is 0 Å². The summed E-state index contributed by atoms with van der Waals surface area (Å²) in [4.78, 5) is 101. The van der Waals surface area contributed by atoms with Crippen molar-refractivity contribution in [3.8, 4) is 35.1 Å². The number of carbonyl (C=O) groups is 8. The van der Waals surface area contributed by atoms with Crippen LogP contribution < -0.4 is 29.6 Å². The van der Waals surface area contributed by atoms with Crippen molar-refractivity contribution in [2.24, 2.45) is 23.7 Å². The zero-order valence-electron chi connectivity index (χ0n) is 46.7. The van der Waals surface area contributed by atoms with E-state index in [9.17, 15) is 48.9 Å². The maximum Gasteiger partial charge on any atom is 0.407 e. The second-order valence-corrected chi connectivity index (χ2v) is 21.9. The number of hydrogen-bond acceptors (Lipinski definition) is 22. The van der Waals surface area contributed by atoms with E-state index in [2.05, 4.69) is 23.8 Å². The first-order chi connectivity index (χ1) is 40.5. The van der Waals surface area contributed by atoms with Crippen LogP contribution in [-0.2, 0) is 70.0 Å². The van der Waals surface area contributed by atoms with Gasteiger partial charge in [-0.25, -0.2) is 19.2 Å². The largest absolute Gasteiger partial charge is 0.460 e. The van der Waals surface area contributed by atoms with Crippen molar-refractivity contribution >= 4 is 71.5 Å². The van der Waals surface area contributed by atoms with E-state index in [1.165, 1.54) is 12.1 Å². The Morgan fingerprint density at radius 2 is 0.821 bits per heavy atom. The monoisotopic (exact) mass is 1190 g/mol. The fourth-order valence-corrected chi connectivity index (χ4v) is 11.1. The topological polar surface area (TPSA) is 300 Å². The highest BCUT2D eigenvalue weighted by Gasteiger charge is 2.37. The maximum atomic E-state index is 13.6. The summed E-state index contributed by atoms with van der Waals surface area (Å²) in [5, 5.41) is 24.5. The predicted molar refractivity (Wildman–Crippen MR) is 302 cm³/mol. The molecule has 22 nitrogen and oxygen atoms in total. The van der Waals surface area contributed by atoms with Crippen molar-refractivity contribution in [1.82, 2.24) is 10.6 Å². The van der Waals surface area contributed by atoms with Crippen LogP contribution >= 0.6 is 23.5 Å². The van der Waals surface area contributed by atoms with E-state index in [-0.39, 0.29) is 83.0 Å². The van der Waals surface area contributed by atoms with Crippen molar-refractivity contribution < 1.29 is 85.7 Å². The summed E-state index contributed by atoms with van der Waals surface area (Å²) in [6, 6.07) is 20.5. The molecular weight excluding hydrogens is 1130 g/mol. The van der Waals surface area contributed by atoms with E-state index < -0.39 is 71.7 Å². The van der Waals surface area contributed by atoms with Crippen LogP contribution in [0.3, 0.4) is 0 Å². The van der Waals surface area contributed by atoms with Gasteiger partial charge in [-0.2, -0.15) is 10.5 Å². The van der Waals surface area contributed by atoms with Gasteiger partial charge in [0.1, 0.15) is 53.9 Å². The highest BCUT2D eigenvalue weighted by molar-refractivity contribution is 8.24. The predicted octanol–water partition coefficient (Wildman–Crippen LogP) is 8.59. The molecule has 2 N–H and O–H groups in total. The van der Waals surface area contributed by atoms with Crippen molar-refractivity contribution in [2.45, 2.75) is 87.8 Å². The van der Waals surface area contributed by atoms with E-state index in [0.717, 1.165) is 34.7 Å². The molecule has 0 atom stereocenters. The van der Waals surface area contributed by atoms with Crippen LogP contribution in [0.5, 0.6) is 23.0 Å². The average molecular weight is 1200 g/mol. The summed E-state index contributed by atoms with van der Waals surface area (Å²) < 4.78 is 54.5. The number of thioether (sulfide) groups is 2. The molecule has 0 unspecified atom stereocenters. The second-order valence-electron chi connectivity index (χ2n) is 19.6. The quantitative estimate of drug-likeness (QED) is 0.0172. The Morgan fingerprint density at radius 1 is 0.476 bits per heavy atom. The Balaban J connectivity index is 0.888. The lowest BCUT2D eigenvalue weighted by molar-refractivity contribution is -0.145. The fourth-order valence-electron chi connectivity index (χ4n) is 8.58. The number of alkyl carbamates (subject to hydrolysis) is 2. The second kappa shape index (κ2) is 33.8.